The van der Waals surface area contributed by atoms with Crippen molar-refractivity contribution in [1.29, 1.82) is 5.26 Å². The van der Waals surface area contributed by atoms with Crippen molar-refractivity contribution in [1.82, 2.24) is 4.98 Å². The van der Waals surface area contributed by atoms with E-state index in [1.807, 2.05) is 19.1 Å². The number of aromatic nitrogens is 1. The van der Waals surface area contributed by atoms with Gasteiger partial charge in [0.15, 0.2) is 0 Å². The Hall–Kier alpha value is -2.34. The fourth-order valence-electron chi connectivity index (χ4n) is 1.84. The molecule has 0 aliphatic rings. The molecule has 2 rings (SSSR count). The zero-order valence-electron chi connectivity index (χ0n) is 11.3. The third-order valence-electron chi connectivity index (χ3n) is 2.87. The van der Waals surface area contributed by atoms with Crippen LogP contribution in [0.15, 0.2) is 36.5 Å². The lowest BCUT2D eigenvalue weighted by Gasteiger charge is -2.14. The molecule has 0 saturated carbocycles. The minimum Gasteiger partial charge on any atom is -0.455 e. The van der Waals surface area contributed by atoms with Crippen LogP contribution in [0.1, 0.15) is 36.6 Å². The summed E-state index contributed by atoms with van der Waals surface area (Å²) in [6, 6.07) is 11.6. The second-order valence-electron chi connectivity index (χ2n) is 4.79. The maximum absolute atomic E-state index is 8.72. The van der Waals surface area contributed by atoms with Crippen LogP contribution in [0.2, 0.25) is 0 Å². The van der Waals surface area contributed by atoms with E-state index in [4.69, 9.17) is 10.00 Å². The molecule has 2 aromatic rings. The molecule has 1 aromatic heterocycles. The number of hydrogen-bond acceptors (Lipinski definition) is 3. The van der Waals surface area contributed by atoms with Crippen LogP contribution in [0.5, 0.6) is 11.5 Å². The zero-order valence-corrected chi connectivity index (χ0v) is 11.3. The summed E-state index contributed by atoms with van der Waals surface area (Å²) in [7, 11) is 0. The number of ether oxygens (including phenoxy) is 1. The summed E-state index contributed by atoms with van der Waals surface area (Å²) >= 11 is 0. The van der Waals surface area contributed by atoms with Crippen LogP contribution in [-0.4, -0.2) is 4.98 Å². The molecule has 0 saturated heterocycles. The molecule has 1 heterocycles. The third-order valence-corrected chi connectivity index (χ3v) is 2.87. The standard InChI is InChI=1S/C16H16N2O/c1-11(2)15-7-4-12(3)8-16(15)19-14-6-5-13(9-17)18-10-14/h4-8,10-11H,1-3H3. The Labute approximate surface area is 113 Å². The summed E-state index contributed by atoms with van der Waals surface area (Å²) in [5, 5.41) is 8.72. The summed E-state index contributed by atoms with van der Waals surface area (Å²) in [5.74, 6) is 1.88. The van der Waals surface area contributed by atoms with Gasteiger partial charge < -0.3 is 4.74 Å². The maximum Gasteiger partial charge on any atom is 0.145 e. The predicted octanol–water partition coefficient (Wildman–Crippen LogP) is 4.18. The smallest absolute Gasteiger partial charge is 0.145 e. The van der Waals surface area contributed by atoms with Crippen molar-refractivity contribution < 1.29 is 4.74 Å². The van der Waals surface area contributed by atoms with Crippen LogP contribution >= 0.6 is 0 Å². The van der Waals surface area contributed by atoms with Gasteiger partial charge in [0, 0.05) is 0 Å². The Morgan fingerprint density at radius 2 is 2.00 bits per heavy atom. The summed E-state index contributed by atoms with van der Waals surface area (Å²) in [5.41, 5.74) is 2.71. The van der Waals surface area contributed by atoms with E-state index in [1.54, 1.807) is 18.3 Å². The van der Waals surface area contributed by atoms with E-state index in [1.165, 1.54) is 0 Å². The number of rotatable bonds is 3. The van der Waals surface area contributed by atoms with Gasteiger partial charge in [-0.1, -0.05) is 26.0 Å². The Kier molecular flexibility index (Phi) is 3.82. The fourth-order valence-corrected chi connectivity index (χ4v) is 1.84. The van der Waals surface area contributed by atoms with Crippen molar-refractivity contribution in [3.63, 3.8) is 0 Å². The molecule has 0 radical (unpaired) electrons. The number of hydrogen-bond donors (Lipinski definition) is 0. The highest BCUT2D eigenvalue weighted by Crippen LogP contribution is 2.31. The summed E-state index contributed by atoms with van der Waals surface area (Å²) in [6.07, 6.45) is 1.57. The van der Waals surface area contributed by atoms with Crippen LogP contribution in [0.25, 0.3) is 0 Å². The van der Waals surface area contributed by atoms with E-state index in [9.17, 15) is 0 Å². The first-order valence-corrected chi connectivity index (χ1v) is 6.24. The molecule has 0 fully saturated rings. The van der Waals surface area contributed by atoms with Gasteiger partial charge in [-0.2, -0.15) is 5.26 Å². The van der Waals surface area contributed by atoms with Crippen molar-refractivity contribution in [3.05, 3.63) is 53.3 Å². The highest BCUT2D eigenvalue weighted by atomic mass is 16.5. The summed E-state index contributed by atoms with van der Waals surface area (Å²) in [4.78, 5) is 4.00. The van der Waals surface area contributed by atoms with Crippen LogP contribution < -0.4 is 4.74 Å². The molecule has 0 unspecified atom stereocenters. The quantitative estimate of drug-likeness (QED) is 0.823. The van der Waals surface area contributed by atoms with Gasteiger partial charge in [-0.05, 0) is 42.2 Å². The SMILES string of the molecule is Cc1ccc(C(C)C)c(Oc2ccc(C#N)nc2)c1. The molecule has 0 aliphatic heterocycles. The lowest BCUT2D eigenvalue weighted by atomic mass is 10.0. The summed E-state index contributed by atoms with van der Waals surface area (Å²) < 4.78 is 5.88. The van der Waals surface area contributed by atoms with Gasteiger partial charge in [0.25, 0.3) is 0 Å². The average Bonchev–Trinajstić information content (AvgIpc) is 2.39. The van der Waals surface area contributed by atoms with E-state index in [0.717, 1.165) is 16.9 Å². The zero-order chi connectivity index (χ0) is 13.8. The van der Waals surface area contributed by atoms with Gasteiger partial charge >= 0.3 is 0 Å². The second kappa shape index (κ2) is 5.53. The molecular formula is C16H16N2O. The second-order valence-corrected chi connectivity index (χ2v) is 4.79. The van der Waals surface area contributed by atoms with Gasteiger partial charge in [-0.3, -0.25) is 0 Å². The van der Waals surface area contributed by atoms with Crippen LogP contribution in [0.4, 0.5) is 0 Å². The Morgan fingerprint density at radius 3 is 2.58 bits per heavy atom. The Morgan fingerprint density at radius 1 is 1.21 bits per heavy atom. The lowest BCUT2D eigenvalue weighted by molar-refractivity contribution is 0.470. The van der Waals surface area contributed by atoms with Crippen LogP contribution in [0.3, 0.4) is 0 Å². The normalized spacial score (nSPS) is 10.3. The average molecular weight is 252 g/mol. The molecule has 19 heavy (non-hydrogen) atoms. The Balaban J connectivity index is 2.31. The number of benzene rings is 1. The van der Waals surface area contributed by atoms with E-state index >= 15 is 0 Å². The number of pyridine rings is 1. The molecule has 0 aliphatic carbocycles. The molecule has 1 aromatic carbocycles. The molecular weight excluding hydrogens is 236 g/mol. The molecule has 0 bridgehead atoms. The van der Waals surface area contributed by atoms with Gasteiger partial charge in [-0.25, -0.2) is 4.98 Å². The molecule has 3 nitrogen and oxygen atoms in total. The molecule has 96 valence electrons. The highest BCUT2D eigenvalue weighted by Gasteiger charge is 2.09. The largest absolute Gasteiger partial charge is 0.455 e. The third kappa shape index (κ3) is 3.11. The Bertz CT molecular complexity index is 610. The first-order valence-electron chi connectivity index (χ1n) is 6.24. The van der Waals surface area contributed by atoms with E-state index in [-0.39, 0.29) is 0 Å². The van der Waals surface area contributed by atoms with Crippen LogP contribution in [0, 0.1) is 18.3 Å². The van der Waals surface area contributed by atoms with Gasteiger partial charge in [0.05, 0.1) is 6.20 Å². The molecule has 0 atom stereocenters. The van der Waals surface area contributed by atoms with E-state index in [0.29, 0.717) is 17.4 Å². The highest BCUT2D eigenvalue weighted by molar-refractivity contribution is 5.42. The molecule has 0 spiro atoms. The van der Waals surface area contributed by atoms with Gasteiger partial charge in [0.1, 0.15) is 23.3 Å². The predicted molar refractivity (Wildman–Crippen MR) is 74.3 cm³/mol. The van der Waals surface area contributed by atoms with Crippen molar-refractivity contribution in [2.45, 2.75) is 26.7 Å². The van der Waals surface area contributed by atoms with Gasteiger partial charge in [0.2, 0.25) is 0 Å². The van der Waals surface area contributed by atoms with E-state index < -0.39 is 0 Å². The first kappa shape index (κ1) is 13.1. The first-order chi connectivity index (χ1) is 9.10. The monoisotopic (exact) mass is 252 g/mol. The number of aryl methyl sites for hydroxylation is 1. The summed E-state index contributed by atoms with van der Waals surface area (Å²) in [6.45, 7) is 6.30. The van der Waals surface area contributed by atoms with E-state index in [2.05, 4.69) is 31.0 Å². The van der Waals surface area contributed by atoms with Crippen molar-refractivity contribution in [2.24, 2.45) is 0 Å². The minimum atomic E-state index is 0.390. The number of nitrogens with zero attached hydrogens (tertiary/aromatic N) is 2. The van der Waals surface area contributed by atoms with Crippen LogP contribution in [-0.2, 0) is 0 Å². The van der Waals surface area contributed by atoms with Crippen molar-refractivity contribution >= 4 is 0 Å². The maximum atomic E-state index is 8.72. The van der Waals surface area contributed by atoms with Gasteiger partial charge in [-0.15, -0.1) is 0 Å². The fraction of sp³-hybridized carbons (Fsp3) is 0.250. The van der Waals surface area contributed by atoms with Crippen molar-refractivity contribution in [3.8, 4) is 17.6 Å². The lowest BCUT2D eigenvalue weighted by Crippen LogP contribution is -1.95. The minimum absolute atomic E-state index is 0.390. The number of nitriles is 1. The molecule has 0 N–H and O–H groups in total. The molecule has 3 heteroatoms. The van der Waals surface area contributed by atoms with Crippen molar-refractivity contribution in [2.75, 3.05) is 0 Å². The topological polar surface area (TPSA) is 45.9 Å². The molecule has 0 amide bonds.